The van der Waals surface area contributed by atoms with E-state index in [4.69, 9.17) is 9.47 Å². The Bertz CT molecular complexity index is 932. The molecule has 2 aromatic rings. The minimum atomic E-state index is -0.511. The van der Waals surface area contributed by atoms with Crippen molar-refractivity contribution < 1.29 is 28.6 Å². The fourth-order valence-corrected chi connectivity index (χ4v) is 2.97. The number of methoxy groups -OCH3 is 2. The zero-order valence-corrected chi connectivity index (χ0v) is 17.8. The molecule has 0 atom stereocenters. The molecule has 8 nitrogen and oxygen atoms in total. The third-order valence-electron chi connectivity index (χ3n) is 4.33. The Kier molecular flexibility index (Phi) is 7.80. The number of rotatable bonds is 8. The summed E-state index contributed by atoms with van der Waals surface area (Å²) >= 11 is 0. The summed E-state index contributed by atoms with van der Waals surface area (Å²) in [5.41, 5.74) is 4.07. The van der Waals surface area contributed by atoms with Gasteiger partial charge in [-0.1, -0.05) is 17.7 Å². The molecule has 0 saturated carbocycles. The van der Waals surface area contributed by atoms with Crippen molar-refractivity contribution in [1.82, 2.24) is 5.32 Å². The van der Waals surface area contributed by atoms with E-state index in [9.17, 15) is 14.4 Å². The number of nitrogens with one attached hydrogen (secondary N) is 2. The molecule has 0 radical (unpaired) electrons. The average Bonchev–Trinajstić information content (AvgIpc) is 2.72. The molecule has 0 heterocycles. The lowest BCUT2D eigenvalue weighted by atomic mass is 10.1. The number of amides is 2. The molecular weight excluding hydrogens is 388 g/mol. The SMILES string of the molecule is COC(=O)c1ccc(OCC(=O)NCC(=O)Nc2c(C)cc(C)cc2C)c(OC)c1. The van der Waals surface area contributed by atoms with Gasteiger partial charge in [0.2, 0.25) is 5.91 Å². The molecule has 0 bridgehead atoms. The molecule has 0 aliphatic rings. The van der Waals surface area contributed by atoms with Crippen LogP contribution in [0.3, 0.4) is 0 Å². The van der Waals surface area contributed by atoms with Crippen LogP contribution in [0.4, 0.5) is 5.69 Å². The number of aryl methyl sites for hydroxylation is 3. The minimum Gasteiger partial charge on any atom is -0.493 e. The summed E-state index contributed by atoms with van der Waals surface area (Å²) in [4.78, 5) is 35.8. The maximum Gasteiger partial charge on any atom is 0.337 e. The highest BCUT2D eigenvalue weighted by Crippen LogP contribution is 2.28. The second-order valence-corrected chi connectivity index (χ2v) is 6.74. The third-order valence-corrected chi connectivity index (χ3v) is 4.33. The lowest BCUT2D eigenvalue weighted by Gasteiger charge is -2.14. The fourth-order valence-electron chi connectivity index (χ4n) is 2.97. The third kappa shape index (κ3) is 5.97. The van der Waals surface area contributed by atoms with Crippen LogP contribution < -0.4 is 20.1 Å². The first-order valence-electron chi connectivity index (χ1n) is 9.28. The summed E-state index contributed by atoms with van der Waals surface area (Å²) in [6, 6.07) is 8.43. The quantitative estimate of drug-likeness (QED) is 0.644. The number of anilines is 1. The zero-order chi connectivity index (χ0) is 22.3. The van der Waals surface area contributed by atoms with Gasteiger partial charge in [-0.3, -0.25) is 9.59 Å². The topological polar surface area (TPSA) is 103 Å². The summed E-state index contributed by atoms with van der Waals surface area (Å²) in [5.74, 6) is -0.743. The van der Waals surface area contributed by atoms with E-state index in [2.05, 4.69) is 15.4 Å². The minimum absolute atomic E-state index is 0.187. The number of hydrogen-bond donors (Lipinski definition) is 2. The van der Waals surface area contributed by atoms with Gasteiger partial charge in [0.05, 0.1) is 26.3 Å². The van der Waals surface area contributed by atoms with Gasteiger partial charge in [0.25, 0.3) is 5.91 Å². The summed E-state index contributed by atoms with van der Waals surface area (Å²) in [6.07, 6.45) is 0. The molecule has 160 valence electrons. The van der Waals surface area contributed by atoms with Crippen LogP contribution in [-0.2, 0) is 14.3 Å². The van der Waals surface area contributed by atoms with Crippen LogP contribution in [0.2, 0.25) is 0 Å². The van der Waals surface area contributed by atoms with Crippen LogP contribution in [-0.4, -0.2) is 45.2 Å². The van der Waals surface area contributed by atoms with Gasteiger partial charge in [-0.05, 0) is 50.1 Å². The van der Waals surface area contributed by atoms with Gasteiger partial charge in [-0.25, -0.2) is 4.79 Å². The van der Waals surface area contributed by atoms with Crippen molar-refractivity contribution in [3.63, 3.8) is 0 Å². The van der Waals surface area contributed by atoms with Crippen molar-refractivity contribution in [1.29, 1.82) is 0 Å². The van der Waals surface area contributed by atoms with E-state index in [1.165, 1.54) is 32.4 Å². The summed E-state index contributed by atoms with van der Waals surface area (Å²) < 4.78 is 15.3. The summed E-state index contributed by atoms with van der Waals surface area (Å²) in [7, 11) is 2.70. The van der Waals surface area contributed by atoms with E-state index >= 15 is 0 Å². The molecule has 0 saturated heterocycles. The highest BCUT2D eigenvalue weighted by Gasteiger charge is 2.14. The molecule has 0 fully saturated rings. The van der Waals surface area contributed by atoms with Crippen LogP contribution in [0.1, 0.15) is 27.0 Å². The predicted octanol–water partition coefficient (Wildman–Crippen LogP) is 2.54. The van der Waals surface area contributed by atoms with Crippen molar-refractivity contribution in [2.24, 2.45) is 0 Å². The van der Waals surface area contributed by atoms with Gasteiger partial charge in [-0.2, -0.15) is 0 Å². The fraction of sp³-hybridized carbons (Fsp3) is 0.318. The molecule has 0 spiro atoms. The van der Waals surface area contributed by atoms with Gasteiger partial charge in [0.1, 0.15) is 0 Å². The number of benzene rings is 2. The van der Waals surface area contributed by atoms with Gasteiger partial charge >= 0.3 is 5.97 Å². The van der Waals surface area contributed by atoms with Crippen LogP contribution in [0, 0.1) is 20.8 Å². The van der Waals surface area contributed by atoms with Crippen molar-refractivity contribution in [2.45, 2.75) is 20.8 Å². The lowest BCUT2D eigenvalue weighted by Crippen LogP contribution is -2.36. The molecule has 0 aromatic heterocycles. The second-order valence-electron chi connectivity index (χ2n) is 6.74. The standard InChI is InChI=1S/C22H26N2O6/c1-13-8-14(2)21(15(3)9-13)24-19(25)11-23-20(26)12-30-17-7-6-16(22(27)29-5)10-18(17)28-4/h6-10H,11-12H2,1-5H3,(H,23,26)(H,24,25). The highest BCUT2D eigenvalue weighted by atomic mass is 16.5. The molecular formula is C22H26N2O6. The zero-order valence-electron chi connectivity index (χ0n) is 17.8. The van der Waals surface area contributed by atoms with E-state index in [-0.39, 0.29) is 30.6 Å². The average molecular weight is 414 g/mol. The first-order chi connectivity index (χ1) is 14.2. The largest absolute Gasteiger partial charge is 0.493 e. The number of esters is 1. The maximum absolute atomic E-state index is 12.2. The Morgan fingerprint density at radius 3 is 2.17 bits per heavy atom. The van der Waals surface area contributed by atoms with Gasteiger partial charge in [0, 0.05) is 5.69 Å². The molecule has 2 N–H and O–H groups in total. The first-order valence-corrected chi connectivity index (χ1v) is 9.28. The number of hydrogen-bond acceptors (Lipinski definition) is 6. The molecule has 30 heavy (non-hydrogen) atoms. The lowest BCUT2D eigenvalue weighted by molar-refractivity contribution is -0.125. The van der Waals surface area contributed by atoms with E-state index in [0.29, 0.717) is 5.56 Å². The number of ether oxygens (including phenoxy) is 3. The van der Waals surface area contributed by atoms with Crippen molar-refractivity contribution >= 4 is 23.5 Å². The van der Waals surface area contributed by atoms with E-state index in [1.54, 1.807) is 0 Å². The van der Waals surface area contributed by atoms with Crippen LogP contribution in [0.25, 0.3) is 0 Å². The second kappa shape index (κ2) is 10.3. The molecule has 0 aliphatic heterocycles. The van der Waals surface area contributed by atoms with E-state index in [0.717, 1.165) is 22.4 Å². The number of carbonyl (C=O) groups excluding carboxylic acids is 3. The predicted molar refractivity (Wildman–Crippen MR) is 112 cm³/mol. The Morgan fingerprint density at radius 2 is 1.57 bits per heavy atom. The van der Waals surface area contributed by atoms with Crippen LogP contribution in [0.15, 0.2) is 30.3 Å². The van der Waals surface area contributed by atoms with E-state index < -0.39 is 11.9 Å². The first kappa shape index (κ1) is 22.7. The molecule has 2 rings (SSSR count). The highest BCUT2D eigenvalue weighted by molar-refractivity contribution is 5.96. The van der Waals surface area contributed by atoms with Gasteiger partial charge < -0.3 is 24.8 Å². The van der Waals surface area contributed by atoms with Gasteiger partial charge in [0.15, 0.2) is 18.1 Å². The van der Waals surface area contributed by atoms with Crippen LogP contribution in [0.5, 0.6) is 11.5 Å². The Hall–Kier alpha value is -3.55. The van der Waals surface area contributed by atoms with Gasteiger partial charge in [-0.15, -0.1) is 0 Å². The van der Waals surface area contributed by atoms with Crippen molar-refractivity contribution in [3.8, 4) is 11.5 Å². The summed E-state index contributed by atoms with van der Waals surface area (Å²) in [6.45, 7) is 5.32. The molecule has 8 heteroatoms. The Labute approximate surface area is 175 Å². The Balaban J connectivity index is 1.88. The van der Waals surface area contributed by atoms with Crippen molar-refractivity contribution in [3.05, 3.63) is 52.6 Å². The van der Waals surface area contributed by atoms with Crippen LogP contribution >= 0.6 is 0 Å². The monoisotopic (exact) mass is 414 g/mol. The normalized spacial score (nSPS) is 10.2. The summed E-state index contributed by atoms with van der Waals surface area (Å²) in [5, 5.41) is 5.33. The molecule has 2 amide bonds. The molecule has 0 aliphatic carbocycles. The van der Waals surface area contributed by atoms with Crippen molar-refractivity contribution in [2.75, 3.05) is 32.7 Å². The van der Waals surface area contributed by atoms with E-state index in [1.807, 2.05) is 32.9 Å². The maximum atomic E-state index is 12.2. The number of carbonyl (C=O) groups is 3. The molecule has 0 unspecified atom stereocenters. The Morgan fingerprint density at radius 1 is 0.900 bits per heavy atom. The smallest absolute Gasteiger partial charge is 0.337 e. The molecule has 2 aromatic carbocycles.